The normalized spacial score (nSPS) is 11.4. The summed E-state index contributed by atoms with van der Waals surface area (Å²) >= 11 is 0. The molecule has 1 N–H and O–H groups in total. The zero-order valence-electron chi connectivity index (χ0n) is 23.3. The predicted octanol–water partition coefficient (Wildman–Crippen LogP) is 5.40. The van der Waals surface area contributed by atoms with Crippen molar-refractivity contribution in [1.82, 2.24) is 35.2 Å². The van der Waals surface area contributed by atoms with E-state index < -0.39 is 0 Å². The number of pyridine rings is 2. The molecule has 2 aromatic carbocycles. The lowest BCUT2D eigenvalue weighted by Gasteiger charge is -2.12. The van der Waals surface area contributed by atoms with Crippen LogP contribution in [-0.4, -0.2) is 35.2 Å². The average molecular weight is 545 g/mol. The molecule has 0 atom stereocenters. The summed E-state index contributed by atoms with van der Waals surface area (Å²) in [6, 6.07) is 22.7. The second kappa shape index (κ2) is 11.7. The molecule has 4 heterocycles. The number of hydrogen-bond acceptors (Lipinski definition) is 6. The average Bonchev–Trinajstić information content (AvgIpc) is 3.64. The van der Waals surface area contributed by atoms with E-state index in [1.165, 1.54) is 11.8 Å². The number of aryl methyl sites for hydroxylation is 4. The molecule has 0 saturated carbocycles. The summed E-state index contributed by atoms with van der Waals surface area (Å²) < 4.78 is 3.12. The number of nitrogens with one attached hydrogen (secondary N) is 1. The summed E-state index contributed by atoms with van der Waals surface area (Å²) in [4.78, 5) is 10.1. The maximum Gasteiger partial charge on any atom is 0.205 e. The molecule has 0 spiro atoms. The van der Waals surface area contributed by atoms with E-state index in [9.17, 15) is 5.21 Å². The Morgan fingerprint density at radius 3 is 2.49 bits per heavy atom. The summed E-state index contributed by atoms with van der Waals surface area (Å²) in [5.41, 5.74) is 9.29. The smallest absolute Gasteiger partial charge is 0.205 e. The zero-order valence-corrected chi connectivity index (χ0v) is 23.3. The first kappa shape index (κ1) is 26.3. The van der Waals surface area contributed by atoms with Crippen LogP contribution in [-0.2, 0) is 25.8 Å². The molecule has 0 aliphatic carbocycles. The van der Waals surface area contributed by atoms with Gasteiger partial charge in [0.25, 0.3) is 0 Å². The largest absolute Gasteiger partial charge is 0.619 e. The molecule has 0 saturated heterocycles. The SMILES string of the molecule is CCCCc1nc2cc(CCc3ccc[n+]([O-])c3)c(C)nc2n1Cc1ccc(-c2ccccc2-c2nn[nH]n2)cc1. The Morgan fingerprint density at radius 1 is 0.902 bits per heavy atom. The minimum atomic E-state index is 0.578. The molecule has 4 aromatic heterocycles. The second-order valence-electron chi connectivity index (χ2n) is 10.3. The highest BCUT2D eigenvalue weighted by Crippen LogP contribution is 2.30. The van der Waals surface area contributed by atoms with Crippen molar-refractivity contribution in [2.24, 2.45) is 0 Å². The molecular formula is C32H32N8O. The van der Waals surface area contributed by atoms with Gasteiger partial charge < -0.3 is 9.77 Å². The van der Waals surface area contributed by atoms with Crippen LogP contribution in [0.3, 0.4) is 0 Å². The maximum atomic E-state index is 11.7. The van der Waals surface area contributed by atoms with Gasteiger partial charge in [-0.05, 0) is 65.8 Å². The van der Waals surface area contributed by atoms with Crippen LogP contribution in [0.4, 0.5) is 0 Å². The van der Waals surface area contributed by atoms with E-state index in [2.05, 4.69) is 75.4 Å². The van der Waals surface area contributed by atoms with Gasteiger partial charge in [-0.2, -0.15) is 9.94 Å². The van der Waals surface area contributed by atoms with Gasteiger partial charge >= 0.3 is 0 Å². The maximum absolute atomic E-state index is 11.7. The summed E-state index contributed by atoms with van der Waals surface area (Å²) in [5.74, 6) is 1.64. The van der Waals surface area contributed by atoms with Crippen LogP contribution in [0.2, 0.25) is 0 Å². The lowest BCUT2D eigenvalue weighted by molar-refractivity contribution is -0.605. The fourth-order valence-corrected chi connectivity index (χ4v) is 5.28. The molecule has 41 heavy (non-hydrogen) atoms. The Kier molecular flexibility index (Phi) is 7.49. The van der Waals surface area contributed by atoms with Crippen molar-refractivity contribution in [3.05, 3.63) is 113 Å². The van der Waals surface area contributed by atoms with E-state index in [1.54, 1.807) is 12.3 Å². The van der Waals surface area contributed by atoms with E-state index in [0.29, 0.717) is 12.4 Å². The third-order valence-corrected chi connectivity index (χ3v) is 7.49. The molecule has 0 bridgehead atoms. The van der Waals surface area contributed by atoms with Crippen molar-refractivity contribution in [3.8, 4) is 22.5 Å². The Bertz CT molecular complexity index is 1770. The highest BCUT2D eigenvalue weighted by Gasteiger charge is 2.16. The van der Waals surface area contributed by atoms with Crippen LogP contribution in [0, 0.1) is 12.1 Å². The summed E-state index contributed by atoms with van der Waals surface area (Å²) in [5, 5.41) is 26.3. The Balaban J connectivity index is 1.28. The molecular weight excluding hydrogens is 512 g/mol. The summed E-state index contributed by atoms with van der Waals surface area (Å²) in [7, 11) is 0. The van der Waals surface area contributed by atoms with Crippen molar-refractivity contribution in [2.75, 3.05) is 0 Å². The molecule has 0 amide bonds. The van der Waals surface area contributed by atoms with E-state index in [-0.39, 0.29) is 0 Å². The van der Waals surface area contributed by atoms with Crippen molar-refractivity contribution >= 4 is 11.2 Å². The van der Waals surface area contributed by atoms with Crippen molar-refractivity contribution in [2.45, 2.75) is 52.5 Å². The zero-order chi connectivity index (χ0) is 28.2. The first-order valence-corrected chi connectivity index (χ1v) is 14.0. The van der Waals surface area contributed by atoms with Gasteiger partial charge in [-0.3, -0.25) is 0 Å². The van der Waals surface area contributed by atoms with Gasteiger partial charge in [0.1, 0.15) is 11.3 Å². The Labute approximate surface area is 238 Å². The molecule has 0 radical (unpaired) electrons. The van der Waals surface area contributed by atoms with Gasteiger partial charge in [0, 0.05) is 29.3 Å². The van der Waals surface area contributed by atoms with E-state index in [0.717, 1.165) is 87.3 Å². The highest BCUT2D eigenvalue weighted by atomic mass is 16.5. The minimum Gasteiger partial charge on any atom is -0.619 e. The third kappa shape index (κ3) is 5.70. The molecule has 0 unspecified atom stereocenters. The molecule has 0 fully saturated rings. The fraction of sp³-hybridized carbons (Fsp3) is 0.250. The van der Waals surface area contributed by atoms with Crippen LogP contribution < -0.4 is 4.73 Å². The minimum absolute atomic E-state index is 0.578. The number of imidazole rings is 1. The first-order chi connectivity index (χ1) is 20.1. The molecule has 9 heteroatoms. The van der Waals surface area contributed by atoms with E-state index >= 15 is 0 Å². The number of nitrogens with zero attached hydrogens (tertiary/aromatic N) is 7. The van der Waals surface area contributed by atoms with Crippen molar-refractivity contribution < 1.29 is 4.73 Å². The van der Waals surface area contributed by atoms with Crippen LogP contribution >= 0.6 is 0 Å². The Morgan fingerprint density at radius 2 is 1.73 bits per heavy atom. The van der Waals surface area contributed by atoms with Crippen molar-refractivity contribution in [3.63, 3.8) is 0 Å². The number of H-pyrrole nitrogens is 1. The van der Waals surface area contributed by atoms with Crippen molar-refractivity contribution in [1.29, 1.82) is 0 Å². The van der Waals surface area contributed by atoms with Gasteiger partial charge in [-0.15, -0.1) is 10.2 Å². The van der Waals surface area contributed by atoms with Gasteiger partial charge in [-0.25, -0.2) is 9.97 Å². The third-order valence-electron chi connectivity index (χ3n) is 7.49. The number of rotatable bonds is 10. The highest BCUT2D eigenvalue weighted by molar-refractivity contribution is 5.80. The predicted molar refractivity (Wildman–Crippen MR) is 158 cm³/mol. The van der Waals surface area contributed by atoms with Gasteiger partial charge in [0.2, 0.25) is 5.82 Å². The van der Waals surface area contributed by atoms with Gasteiger partial charge in [0.15, 0.2) is 18.0 Å². The number of aromatic nitrogens is 8. The number of hydrogen-bond donors (Lipinski definition) is 1. The second-order valence-corrected chi connectivity index (χ2v) is 10.3. The number of benzene rings is 2. The number of aromatic amines is 1. The summed E-state index contributed by atoms with van der Waals surface area (Å²) in [6.45, 7) is 4.96. The molecule has 9 nitrogen and oxygen atoms in total. The molecule has 0 aliphatic rings. The van der Waals surface area contributed by atoms with Gasteiger partial charge in [-0.1, -0.05) is 61.9 Å². The van der Waals surface area contributed by atoms with Crippen LogP contribution in [0.25, 0.3) is 33.7 Å². The van der Waals surface area contributed by atoms with Crippen LogP contribution in [0.1, 0.15) is 48.0 Å². The quantitative estimate of drug-likeness (QED) is 0.183. The molecule has 6 rings (SSSR count). The molecule has 0 aliphatic heterocycles. The van der Waals surface area contributed by atoms with Crippen LogP contribution in [0.15, 0.2) is 79.1 Å². The number of fused-ring (bicyclic) bond motifs is 1. The number of tetrazole rings is 1. The van der Waals surface area contributed by atoms with Crippen LogP contribution in [0.5, 0.6) is 0 Å². The van der Waals surface area contributed by atoms with E-state index in [1.807, 2.05) is 24.3 Å². The fourth-order valence-electron chi connectivity index (χ4n) is 5.28. The number of unbranched alkanes of at least 4 members (excludes halogenated alkanes) is 1. The Hall–Kier alpha value is -4.92. The van der Waals surface area contributed by atoms with E-state index in [4.69, 9.17) is 9.97 Å². The lowest BCUT2D eigenvalue weighted by Crippen LogP contribution is -2.24. The molecule has 206 valence electrons. The monoisotopic (exact) mass is 544 g/mol. The first-order valence-electron chi connectivity index (χ1n) is 14.0. The molecule has 6 aromatic rings. The summed E-state index contributed by atoms with van der Waals surface area (Å²) in [6.07, 6.45) is 7.82. The van der Waals surface area contributed by atoms with Gasteiger partial charge in [0.05, 0.1) is 6.54 Å². The lowest BCUT2D eigenvalue weighted by atomic mass is 9.98. The standard InChI is InChI=1S/C32H32N8O/c1-3-4-11-30-34-29-19-26(17-14-23-8-7-18-39(41)20-23)22(2)33-32(29)40(30)21-24-12-15-25(16-13-24)27-9-5-6-10-28(27)31-35-37-38-36-31/h5-10,12-13,15-16,18-20H,3-4,11,14,17,21H2,1-2H3,(H,35,36,37,38). The topological polar surface area (TPSA) is 112 Å².